The third-order valence-corrected chi connectivity index (χ3v) is 9.72. The van der Waals surface area contributed by atoms with E-state index in [0.29, 0.717) is 17.3 Å². The number of halogens is 1. The number of carbonyl (C=O) groups is 2. The molecular formula is C34H31FN4O4S2. The first kappa shape index (κ1) is 30.4. The minimum absolute atomic E-state index is 0.114. The molecule has 6 rings (SSSR count). The molecule has 5 aromatic rings. The molecule has 0 unspecified atom stereocenters. The zero-order chi connectivity index (χ0) is 31.5. The van der Waals surface area contributed by atoms with Gasteiger partial charge in [-0.3, -0.25) is 14.5 Å². The molecule has 0 spiro atoms. The van der Waals surface area contributed by atoms with Crippen LogP contribution in [-0.2, 0) is 16.1 Å². The van der Waals surface area contributed by atoms with E-state index in [2.05, 4.69) is 5.32 Å². The van der Waals surface area contributed by atoms with Gasteiger partial charge in [0.05, 0.1) is 35.8 Å². The number of nitrogens with one attached hydrogen (secondary N) is 1. The summed E-state index contributed by atoms with van der Waals surface area (Å²) in [6, 6.07) is 23.4. The molecule has 1 aliphatic heterocycles. The van der Waals surface area contributed by atoms with Crippen LogP contribution >= 0.6 is 23.1 Å². The summed E-state index contributed by atoms with van der Waals surface area (Å²) in [4.78, 5) is 30.0. The summed E-state index contributed by atoms with van der Waals surface area (Å²) >= 11 is 3.02. The molecule has 1 N–H and O–H groups in total. The number of aromatic nitrogens is 2. The second kappa shape index (κ2) is 13.2. The lowest BCUT2D eigenvalue weighted by molar-refractivity contribution is -0.123. The fourth-order valence-electron chi connectivity index (χ4n) is 5.38. The Bertz CT molecular complexity index is 1840. The minimum atomic E-state index is -0.379. The number of thiophene rings is 1. The molecule has 2 aromatic heterocycles. The smallest absolute Gasteiger partial charge is 0.240 e. The molecule has 8 nitrogen and oxygen atoms in total. The lowest BCUT2D eigenvalue weighted by Crippen LogP contribution is -2.42. The van der Waals surface area contributed by atoms with Crippen molar-refractivity contribution in [3.05, 3.63) is 112 Å². The van der Waals surface area contributed by atoms with E-state index in [-0.39, 0.29) is 41.7 Å². The number of hydrogen-bond acceptors (Lipinski definition) is 7. The molecule has 0 bridgehead atoms. The molecule has 45 heavy (non-hydrogen) atoms. The van der Waals surface area contributed by atoms with Gasteiger partial charge >= 0.3 is 0 Å². The zero-order valence-electron chi connectivity index (χ0n) is 25.0. The summed E-state index contributed by atoms with van der Waals surface area (Å²) in [6.07, 6.45) is 0. The Balaban J connectivity index is 1.53. The average Bonchev–Trinajstić information content (AvgIpc) is 3.70. The van der Waals surface area contributed by atoms with Gasteiger partial charge in [0.2, 0.25) is 11.8 Å². The SMILES string of the molecule is COc1ccc(OC)c([C@H]2SCC(=O)N(CC(=O)NCc3ccc(F)cc3)c3c2c(-c2cccs2)nn3-c2ccccc2C)c1. The van der Waals surface area contributed by atoms with Gasteiger partial charge in [-0.1, -0.05) is 36.4 Å². The van der Waals surface area contributed by atoms with Crippen LogP contribution in [0.1, 0.15) is 27.5 Å². The lowest BCUT2D eigenvalue weighted by Gasteiger charge is -2.24. The third kappa shape index (κ3) is 6.18. The van der Waals surface area contributed by atoms with Gasteiger partial charge in [-0.15, -0.1) is 23.1 Å². The maximum Gasteiger partial charge on any atom is 0.240 e. The average molecular weight is 643 g/mol. The number of benzene rings is 3. The van der Waals surface area contributed by atoms with Gasteiger partial charge in [0, 0.05) is 17.7 Å². The van der Waals surface area contributed by atoms with Crippen LogP contribution in [0, 0.1) is 12.7 Å². The van der Waals surface area contributed by atoms with E-state index in [9.17, 15) is 14.0 Å². The summed E-state index contributed by atoms with van der Waals surface area (Å²) in [7, 11) is 3.23. The van der Waals surface area contributed by atoms with E-state index < -0.39 is 0 Å². The number of ether oxygens (including phenoxy) is 2. The number of amides is 2. The van der Waals surface area contributed by atoms with Crippen molar-refractivity contribution >= 4 is 40.7 Å². The number of aryl methyl sites for hydroxylation is 1. The van der Waals surface area contributed by atoms with Crippen molar-refractivity contribution < 1.29 is 23.5 Å². The molecule has 2 amide bonds. The third-order valence-electron chi connectivity index (χ3n) is 7.61. The van der Waals surface area contributed by atoms with Gasteiger partial charge in [-0.2, -0.15) is 5.10 Å². The number of carbonyl (C=O) groups excluding carboxylic acids is 2. The number of rotatable bonds is 9. The molecule has 11 heteroatoms. The first-order valence-corrected chi connectivity index (χ1v) is 16.2. The number of thioether (sulfide) groups is 1. The number of hydrogen-bond donors (Lipinski definition) is 1. The van der Waals surface area contributed by atoms with Gasteiger partial charge in [0.1, 0.15) is 35.4 Å². The van der Waals surface area contributed by atoms with Crippen LogP contribution in [0.3, 0.4) is 0 Å². The van der Waals surface area contributed by atoms with Crippen LogP contribution in [0.4, 0.5) is 10.2 Å². The highest BCUT2D eigenvalue weighted by molar-refractivity contribution is 8.00. The Morgan fingerprint density at radius 3 is 2.56 bits per heavy atom. The molecule has 0 aliphatic carbocycles. The number of anilines is 1. The van der Waals surface area contributed by atoms with Crippen molar-refractivity contribution in [2.75, 3.05) is 31.4 Å². The molecule has 1 atom stereocenters. The van der Waals surface area contributed by atoms with E-state index >= 15 is 0 Å². The first-order valence-electron chi connectivity index (χ1n) is 14.3. The minimum Gasteiger partial charge on any atom is -0.497 e. The Kier molecular flexibility index (Phi) is 8.90. The number of fused-ring (bicyclic) bond motifs is 1. The Hall–Kier alpha value is -4.61. The fraction of sp³-hybridized carbons (Fsp3) is 0.206. The highest BCUT2D eigenvalue weighted by atomic mass is 32.2. The fourth-order valence-corrected chi connectivity index (χ4v) is 7.31. The lowest BCUT2D eigenvalue weighted by atomic mass is 10.0. The van der Waals surface area contributed by atoms with E-state index in [0.717, 1.165) is 38.5 Å². The molecule has 0 saturated carbocycles. The Labute approximate surface area is 268 Å². The monoisotopic (exact) mass is 642 g/mol. The summed E-state index contributed by atoms with van der Waals surface area (Å²) in [6.45, 7) is 1.96. The molecule has 1 aliphatic rings. The van der Waals surface area contributed by atoms with Crippen molar-refractivity contribution in [2.24, 2.45) is 0 Å². The van der Waals surface area contributed by atoms with Crippen LogP contribution in [0.5, 0.6) is 11.5 Å². The molecule has 0 saturated heterocycles. The summed E-state index contributed by atoms with van der Waals surface area (Å²) in [5.74, 6) is 1.02. The molecule has 0 fully saturated rings. The van der Waals surface area contributed by atoms with Crippen LogP contribution in [0.25, 0.3) is 16.3 Å². The highest BCUT2D eigenvalue weighted by Crippen LogP contribution is 2.51. The largest absolute Gasteiger partial charge is 0.497 e. The van der Waals surface area contributed by atoms with Gasteiger partial charge in [-0.05, 0) is 65.9 Å². The van der Waals surface area contributed by atoms with Crippen molar-refractivity contribution in [1.29, 1.82) is 0 Å². The van der Waals surface area contributed by atoms with Crippen LogP contribution in [0.15, 0.2) is 84.2 Å². The number of methoxy groups -OCH3 is 2. The van der Waals surface area contributed by atoms with Crippen molar-refractivity contribution in [1.82, 2.24) is 15.1 Å². The van der Waals surface area contributed by atoms with Crippen LogP contribution in [-0.4, -0.2) is 48.1 Å². The predicted octanol–water partition coefficient (Wildman–Crippen LogP) is 6.55. The Morgan fingerprint density at radius 1 is 1.04 bits per heavy atom. The van der Waals surface area contributed by atoms with E-state index in [1.54, 1.807) is 42.4 Å². The quantitative estimate of drug-likeness (QED) is 0.196. The summed E-state index contributed by atoms with van der Waals surface area (Å²) < 4.78 is 26.6. The first-order chi connectivity index (χ1) is 21.9. The maximum atomic E-state index is 14.0. The van der Waals surface area contributed by atoms with Gasteiger partial charge in [0.15, 0.2) is 0 Å². The maximum absolute atomic E-state index is 14.0. The zero-order valence-corrected chi connectivity index (χ0v) is 26.6. The standard InChI is InChI=1S/C34H31FN4O4S2/c1-21-7-4-5-8-26(21)39-34-31(32(37-39)28-9-6-16-44-28)33(25-17-24(42-2)14-15-27(25)43-3)45-20-30(41)38(34)19-29(40)36-18-22-10-12-23(35)13-11-22/h4-17,33H,18-20H2,1-3H3,(H,36,40)/t33-/m1/s1. The van der Waals surface area contributed by atoms with Gasteiger partial charge < -0.3 is 14.8 Å². The predicted molar refractivity (Wildman–Crippen MR) is 176 cm³/mol. The Morgan fingerprint density at radius 2 is 1.84 bits per heavy atom. The topological polar surface area (TPSA) is 85.7 Å². The summed E-state index contributed by atoms with van der Waals surface area (Å²) in [5, 5.41) is 9.66. The normalized spacial score (nSPS) is 14.5. The van der Waals surface area contributed by atoms with Crippen LogP contribution < -0.4 is 19.7 Å². The van der Waals surface area contributed by atoms with Gasteiger partial charge in [-0.25, -0.2) is 9.07 Å². The van der Waals surface area contributed by atoms with E-state index in [4.69, 9.17) is 14.6 Å². The molecule has 3 heterocycles. The highest BCUT2D eigenvalue weighted by Gasteiger charge is 2.39. The van der Waals surface area contributed by atoms with E-state index in [1.807, 2.05) is 66.9 Å². The van der Waals surface area contributed by atoms with Crippen molar-refractivity contribution in [3.63, 3.8) is 0 Å². The molecule has 3 aromatic carbocycles. The molecular weight excluding hydrogens is 612 g/mol. The molecule has 0 radical (unpaired) electrons. The summed E-state index contributed by atoms with van der Waals surface area (Å²) in [5.41, 5.74) is 4.86. The van der Waals surface area contributed by atoms with Crippen molar-refractivity contribution in [3.8, 4) is 27.8 Å². The van der Waals surface area contributed by atoms with Gasteiger partial charge in [0.25, 0.3) is 0 Å². The number of para-hydroxylation sites is 1. The molecule has 230 valence electrons. The van der Waals surface area contributed by atoms with Crippen LogP contribution in [0.2, 0.25) is 0 Å². The van der Waals surface area contributed by atoms with Crippen molar-refractivity contribution in [2.45, 2.75) is 18.7 Å². The number of nitrogens with zero attached hydrogens (tertiary/aromatic N) is 3. The second-order valence-electron chi connectivity index (χ2n) is 10.4. The second-order valence-corrected chi connectivity index (χ2v) is 12.5. The van der Waals surface area contributed by atoms with E-state index in [1.165, 1.54) is 28.8 Å².